The third-order valence-corrected chi connectivity index (χ3v) is 4.00. The Kier molecular flexibility index (Phi) is 4.00. The number of rotatable bonds is 3. The van der Waals surface area contributed by atoms with Gasteiger partial charge in [0.1, 0.15) is 0 Å². The lowest BCUT2D eigenvalue weighted by atomic mass is 9.96. The van der Waals surface area contributed by atoms with Crippen LogP contribution in [0.1, 0.15) is 19.4 Å². The number of likely N-dealkylation sites (N-methyl/N-ethyl adjacent to an activating group) is 1. The molecule has 1 unspecified atom stereocenters. The van der Waals surface area contributed by atoms with Gasteiger partial charge in [0.15, 0.2) is 0 Å². The molecule has 0 aromatic carbocycles. The molecule has 0 radical (unpaired) electrons. The molecule has 1 saturated heterocycles. The van der Waals surface area contributed by atoms with Gasteiger partial charge in [0.2, 0.25) is 0 Å². The molecule has 1 atom stereocenters. The van der Waals surface area contributed by atoms with Crippen LogP contribution in [-0.2, 0) is 6.54 Å². The number of piperazine rings is 1. The third kappa shape index (κ3) is 2.88. The Morgan fingerprint density at radius 3 is 2.89 bits per heavy atom. The van der Waals surface area contributed by atoms with Gasteiger partial charge in [0.25, 0.3) is 0 Å². The summed E-state index contributed by atoms with van der Waals surface area (Å²) in [5, 5.41) is 0. The number of nitrogens with zero attached hydrogens (tertiary/aromatic N) is 3. The quantitative estimate of drug-likeness (QED) is 0.864. The molecule has 2 N–H and O–H groups in total. The maximum atomic E-state index is 5.91. The van der Waals surface area contributed by atoms with Crippen molar-refractivity contribution in [3.05, 3.63) is 30.1 Å². The van der Waals surface area contributed by atoms with E-state index in [-0.39, 0.29) is 5.54 Å². The Morgan fingerprint density at radius 2 is 2.28 bits per heavy atom. The third-order valence-electron chi connectivity index (χ3n) is 4.00. The molecule has 2 heterocycles. The summed E-state index contributed by atoms with van der Waals surface area (Å²) in [5.74, 6) is 0. The van der Waals surface area contributed by atoms with Crippen LogP contribution in [0.5, 0.6) is 0 Å². The zero-order chi connectivity index (χ0) is 13.2. The van der Waals surface area contributed by atoms with Crippen LogP contribution < -0.4 is 5.73 Å². The van der Waals surface area contributed by atoms with Crippen molar-refractivity contribution in [3.63, 3.8) is 0 Å². The zero-order valence-corrected chi connectivity index (χ0v) is 11.6. The first-order chi connectivity index (χ1) is 8.53. The van der Waals surface area contributed by atoms with Gasteiger partial charge in [0.05, 0.1) is 0 Å². The molecular formula is C14H24N4. The summed E-state index contributed by atoms with van der Waals surface area (Å²) in [6.07, 6.45) is 3.76. The first-order valence-electron chi connectivity index (χ1n) is 6.57. The van der Waals surface area contributed by atoms with Crippen LogP contribution in [-0.4, -0.2) is 53.0 Å². The minimum absolute atomic E-state index is 0.202. The summed E-state index contributed by atoms with van der Waals surface area (Å²) < 4.78 is 0. The highest BCUT2D eigenvalue weighted by molar-refractivity contribution is 5.09. The van der Waals surface area contributed by atoms with Gasteiger partial charge in [-0.2, -0.15) is 0 Å². The molecule has 1 aliphatic heterocycles. The second kappa shape index (κ2) is 5.34. The lowest BCUT2D eigenvalue weighted by Gasteiger charge is -2.49. The van der Waals surface area contributed by atoms with E-state index in [9.17, 15) is 0 Å². The van der Waals surface area contributed by atoms with Crippen LogP contribution in [0.15, 0.2) is 24.5 Å². The number of aromatic nitrogens is 1. The molecule has 0 saturated carbocycles. The van der Waals surface area contributed by atoms with E-state index in [1.165, 1.54) is 5.56 Å². The molecule has 4 heteroatoms. The molecule has 0 spiro atoms. The van der Waals surface area contributed by atoms with Gasteiger partial charge in [-0.3, -0.25) is 14.8 Å². The Balaban J connectivity index is 2.10. The predicted molar refractivity (Wildman–Crippen MR) is 74.2 cm³/mol. The van der Waals surface area contributed by atoms with Crippen molar-refractivity contribution in [2.24, 2.45) is 5.73 Å². The van der Waals surface area contributed by atoms with E-state index >= 15 is 0 Å². The Bertz CT molecular complexity index is 377. The Labute approximate surface area is 110 Å². The van der Waals surface area contributed by atoms with E-state index in [1.54, 1.807) is 0 Å². The highest BCUT2D eigenvalue weighted by Gasteiger charge is 2.36. The lowest BCUT2D eigenvalue weighted by molar-refractivity contribution is -0.00261. The highest BCUT2D eigenvalue weighted by Crippen LogP contribution is 2.23. The zero-order valence-electron chi connectivity index (χ0n) is 11.6. The summed E-state index contributed by atoms with van der Waals surface area (Å²) in [5.41, 5.74) is 7.38. The number of hydrogen-bond acceptors (Lipinski definition) is 4. The SMILES string of the molecule is CN1CC(CN)N(Cc2cccnc2)CC1(C)C. The van der Waals surface area contributed by atoms with E-state index in [1.807, 2.05) is 18.5 Å². The van der Waals surface area contributed by atoms with Gasteiger partial charge in [-0.25, -0.2) is 0 Å². The number of hydrogen-bond donors (Lipinski definition) is 1. The van der Waals surface area contributed by atoms with Crippen molar-refractivity contribution in [3.8, 4) is 0 Å². The van der Waals surface area contributed by atoms with E-state index < -0.39 is 0 Å². The van der Waals surface area contributed by atoms with Crippen molar-refractivity contribution in [1.82, 2.24) is 14.8 Å². The Hall–Kier alpha value is -0.970. The van der Waals surface area contributed by atoms with E-state index in [0.717, 1.165) is 19.6 Å². The minimum Gasteiger partial charge on any atom is -0.329 e. The van der Waals surface area contributed by atoms with Gasteiger partial charge in [0, 0.05) is 50.2 Å². The molecule has 1 aliphatic rings. The maximum absolute atomic E-state index is 5.91. The molecule has 0 bridgehead atoms. The largest absolute Gasteiger partial charge is 0.329 e. The number of nitrogens with two attached hydrogens (primary N) is 1. The number of pyridine rings is 1. The van der Waals surface area contributed by atoms with Crippen molar-refractivity contribution >= 4 is 0 Å². The van der Waals surface area contributed by atoms with Gasteiger partial charge in [-0.05, 0) is 32.5 Å². The summed E-state index contributed by atoms with van der Waals surface area (Å²) in [7, 11) is 2.18. The molecular weight excluding hydrogens is 224 g/mol. The normalized spacial score (nSPS) is 25.2. The summed E-state index contributed by atoms with van der Waals surface area (Å²) in [4.78, 5) is 9.07. The second-order valence-corrected chi connectivity index (χ2v) is 5.85. The standard InChI is InChI=1S/C14H24N4/c1-14(2)11-18(13(7-15)10-17(14)3)9-12-5-4-6-16-8-12/h4-6,8,13H,7,9-11,15H2,1-3H3. The van der Waals surface area contributed by atoms with Crippen LogP contribution in [0.3, 0.4) is 0 Å². The second-order valence-electron chi connectivity index (χ2n) is 5.85. The van der Waals surface area contributed by atoms with Gasteiger partial charge >= 0.3 is 0 Å². The molecule has 2 rings (SSSR count). The van der Waals surface area contributed by atoms with Crippen molar-refractivity contribution in [2.75, 3.05) is 26.7 Å². The fraction of sp³-hybridized carbons (Fsp3) is 0.643. The lowest BCUT2D eigenvalue weighted by Crippen LogP contribution is -2.63. The molecule has 1 aromatic rings. The van der Waals surface area contributed by atoms with E-state index in [2.05, 4.69) is 41.7 Å². The van der Waals surface area contributed by atoms with Crippen LogP contribution in [0.2, 0.25) is 0 Å². The maximum Gasteiger partial charge on any atom is 0.0350 e. The molecule has 1 fully saturated rings. The van der Waals surface area contributed by atoms with Crippen molar-refractivity contribution < 1.29 is 0 Å². The first kappa shape index (κ1) is 13.5. The van der Waals surface area contributed by atoms with Crippen molar-refractivity contribution in [1.29, 1.82) is 0 Å². The molecule has 1 aromatic heterocycles. The molecule has 18 heavy (non-hydrogen) atoms. The monoisotopic (exact) mass is 248 g/mol. The van der Waals surface area contributed by atoms with E-state index in [0.29, 0.717) is 12.6 Å². The van der Waals surface area contributed by atoms with Crippen LogP contribution in [0.25, 0.3) is 0 Å². The summed E-state index contributed by atoms with van der Waals surface area (Å²) in [6, 6.07) is 4.56. The highest BCUT2D eigenvalue weighted by atomic mass is 15.3. The van der Waals surface area contributed by atoms with Gasteiger partial charge < -0.3 is 5.73 Å². The van der Waals surface area contributed by atoms with E-state index in [4.69, 9.17) is 5.73 Å². The van der Waals surface area contributed by atoms with Crippen LogP contribution in [0.4, 0.5) is 0 Å². The smallest absolute Gasteiger partial charge is 0.0350 e. The molecule has 0 aliphatic carbocycles. The fourth-order valence-corrected chi connectivity index (χ4v) is 2.56. The molecule has 100 valence electrons. The fourth-order valence-electron chi connectivity index (χ4n) is 2.56. The molecule has 0 amide bonds. The minimum atomic E-state index is 0.202. The van der Waals surface area contributed by atoms with Gasteiger partial charge in [-0.15, -0.1) is 0 Å². The van der Waals surface area contributed by atoms with Crippen molar-refractivity contribution in [2.45, 2.75) is 32.0 Å². The summed E-state index contributed by atoms with van der Waals surface area (Å²) in [6.45, 7) is 8.30. The molecule has 4 nitrogen and oxygen atoms in total. The van der Waals surface area contributed by atoms with Gasteiger partial charge in [-0.1, -0.05) is 6.07 Å². The first-order valence-corrected chi connectivity index (χ1v) is 6.57. The average Bonchev–Trinajstić information content (AvgIpc) is 2.34. The van der Waals surface area contributed by atoms with Crippen LogP contribution in [0, 0.1) is 0 Å². The van der Waals surface area contributed by atoms with Crippen LogP contribution >= 0.6 is 0 Å². The Morgan fingerprint density at radius 1 is 1.50 bits per heavy atom. The average molecular weight is 248 g/mol. The topological polar surface area (TPSA) is 45.4 Å². The predicted octanol–water partition coefficient (Wildman–Crippen LogP) is 0.935. The summed E-state index contributed by atoms with van der Waals surface area (Å²) >= 11 is 0.